The molecule has 20 heavy (non-hydrogen) atoms. The zero-order valence-electron chi connectivity index (χ0n) is 11.2. The van der Waals surface area contributed by atoms with E-state index in [-0.39, 0.29) is 17.7 Å². The topological polar surface area (TPSA) is 12.5 Å². The third kappa shape index (κ3) is 3.38. The zero-order valence-corrected chi connectivity index (χ0v) is 12.0. The van der Waals surface area contributed by atoms with Gasteiger partial charge in [-0.2, -0.15) is 13.2 Å². The van der Waals surface area contributed by atoms with E-state index in [1.807, 2.05) is 0 Å². The van der Waals surface area contributed by atoms with E-state index in [9.17, 15) is 13.2 Å². The first kappa shape index (κ1) is 15.4. The monoisotopic (exact) mass is 307 g/mol. The number of nitrogens with zero attached hydrogens (tertiary/aromatic N) is 1. The first-order chi connectivity index (χ1) is 9.45. The number of piperidine rings is 1. The third-order valence-electron chi connectivity index (χ3n) is 3.64. The Morgan fingerprint density at radius 2 is 1.95 bits per heavy atom. The molecule has 0 radical (unpaired) electrons. The number of hydrogen-bond donors (Lipinski definition) is 0. The Morgan fingerprint density at radius 1 is 1.30 bits per heavy atom. The van der Waals surface area contributed by atoms with Gasteiger partial charge in [-0.15, -0.1) is 11.6 Å². The number of anilines is 1. The molecule has 0 saturated carbocycles. The first-order valence-corrected chi connectivity index (χ1v) is 7.03. The highest BCUT2D eigenvalue weighted by molar-refractivity contribution is 6.17. The van der Waals surface area contributed by atoms with E-state index in [0.29, 0.717) is 18.7 Å². The summed E-state index contributed by atoms with van der Waals surface area (Å²) in [6.07, 6.45) is -2.74. The van der Waals surface area contributed by atoms with E-state index in [4.69, 9.17) is 16.3 Å². The van der Waals surface area contributed by atoms with Gasteiger partial charge in [0.05, 0.1) is 11.7 Å². The molecule has 112 valence electrons. The van der Waals surface area contributed by atoms with E-state index >= 15 is 0 Å². The second kappa shape index (κ2) is 6.22. The van der Waals surface area contributed by atoms with Crippen molar-refractivity contribution in [3.05, 3.63) is 29.3 Å². The lowest BCUT2D eigenvalue weighted by Gasteiger charge is -2.34. The summed E-state index contributed by atoms with van der Waals surface area (Å²) >= 11 is 5.63. The molecule has 0 atom stereocenters. The summed E-state index contributed by atoms with van der Waals surface area (Å²) in [7, 11) is 1.64. The van der Waals surface area contributed by atoms with Crippen LogP contribution in [0.3, 0.4) is 0 Å². The van der Waals surface area contributed by atoms with Crippen LogP contribution in [0.25, 0.3) is 0 Å². The molecule has 0 N–H and O–H groups in total. The van der Waals surface area contributed by atoms with Crippen LogP contribution in [0.5, 0.6) is 0 Å². The van der Waals surface area contributed by atoms with Crippen LogP contribution in [0.1, 0.15) is 24.0 Å². The second-order valence-electron chi connectivity index (χ2n) is 4.91. The van der Waals surface area contributed by atoms with Gasteiger partial charge in [-0.1, -0.05) is 6.07 Å². The Hall–Kier alpha value is -0.940. The third-order valence-corrected chi connectivity index (χ3v) is 3.95. The minimum Gasteiger partial charge on any atom is -0.381 e. The molecule has 1 saturated heterocycles. The molecular weight excluding hydrogens is 291 g/mol. The SMILES string of the molecule is COC1CCN(c2ccc(CCl)cc2C(F)(F)F)CC1. The molecule has 1 heterocycles. The quantitative estimate of drug-likeness (QED) is 0.781. The molecule has 2 nitrogen and oxygen atoms in total. The van der Waals surface area contributed by atoms with Gasteiger partial charge in [0.2, 0.25) is 0 Å². The predicted octanol–water partition coefficient (Wildman–Crippen LogP) is 4.06. The van der Waals surface area contributed by atoms with Crippen molar-refractivity contribution in [2.24, 2.45) is 0 Å². The van der Waals surface area contributed by atoms with Crippen molar-refractivity contribution in [3.63, 3.8) is 0 Å². The molecule has 1 aliphatic rings. The van der Waals surface area contributed by atoms with Crippen molar-refractivity contribution in [1.29, 1.82) is 0 Å². The minimum atomic E-state index is -4.37. The molecule has 0 bridgehead atoms. The lowest BCUT2D eigenvalue weighted by atomic mass is 10.0. The zero-order chi connectivity index (χ0) is 14.8. The molecular formula is C14H17ClF3NO. The summed E-state index contributed by atoms with van der Waals surface area (Å²) in [5.41, 5.74) is 0.113. The van der Waals surface area contributed by atoms with E-state index in [0.717, 1.165) is 18.9 Å². The summed E-state index contributed by atoms with van der Waals surface area (Å²) in [6, 6.07) is 4.32. The van der Waals surface area contributed by atoms with Gasteiger partial charge in [-0.05, 0) is 30.5 Å². The average Bonchev–Trinajstić information content (AvgIpc) is 2.46. The van der Waals surface area contributed by atoms with Gasteiger partial charge in [0.15, 0.2) is 0 Å². The highest BCUT2D eigenvalue weighted by atomic mass is 35.5. The number of halogens is 4. The summed E-state index contributed by atoms with van der Waals surface area (Å²) in [6.45, 7) is 1.14. The maximum Gasteiger partial charge on any atom is 0.418 e. The molecule has 1 aromatic carbocycles. The van der Waals surface area contributed by atoms with E-state index < -0.39 is 11.7 Å². The predicted molar refractivity (Wildman–Crippen MR) is 73.2 cm³/mol. The van der Waals surface area contributed by atoms with Crippen LogP contribution in [0.4, 0.5) is 18.9 Å². The van der Waals surface area contributed by atoms with Gasteiger partial charge in [0.1, 0.15) is 0 Å². The molecule has 0 aliphatic carbocycles. The summed E-state index contributed by atoms with van der Waals surface area (Å²) in [4.78, 5) is 1.77. The summed E-state index contributed by atoms with van der Waals surface area (Å²) < 4.78 is 44.7. The highest BCUT2D eigenvalue weighted by Crippen LogP contribution is 2.38. The van der Waals surface area contributed by atoms with Crippen molar-refractivity contribution in [3.8, 4) is 0 Å². The number of methoxy groups -OCH3 is 1. The van der Waals surface area contributed by atoms with Crippen LogP contribution in [-0.2, 0) is 16.8 Å². The van der Waals surface area contributed by atoms with Gasteiger partial charge in [-0.25, -0.2) is 0 Å². The fraction of sp³-hybridized carbons (Fsp3) is 0.571. The second-order valence-corrected chi connectivity index (χ2v) is 5.17. The van der Waals surface area contributed by atoms with Gasteiger partial charge >= 0.3 is 6.18 Å². The normalized spacial score (nSPS) is 17.6. The number of rotatable bonds is 3. The Bertz CT molecular complexity index is 456. The van der Waals surface area contributed by atoms with Gasteiger partial charge < -0.3 is 9.64 Å². The Kier molecular flexibility index (Phi) is 4.81. The lowest BCUT2D eigenvalue weighted by molar-refractivity contribution is -0.137. The molecule has 2 rings (SSSR count). The summed E-state index contributed by atoms with van der Waals surface area (Å²) in [5, 5.41) is 0. The molecule has 1 aromatic rings. The van der Waals surface area contributed by atoms with Crippen LogP contribution in [-0.4, -0.2) is 26.3 Å². The first-order valence-electron chi connectivity index (χ1n) is 6.49. The summed E-state index contributed by atoms with van der Waals surface area (Å²) in [5.74, 6) is 0.0785. The van der Waals surface area contributed by atoms with Crippen LogP contribution in [0, 0.1) is 0 Å². The molecule has 0 amide bonds. The minimum absolute atomic E-state index is 0.0785. The van der Waals surface area contributed by atoms with E-state index in [1.165, 1.54) is 6.07 Å². The van der Waals surface area contributed by atoms with Crippen LogP contribution >= 0.6 is 11.6 Å². The van der Waals surface area contributed by atoms with Crippen molar-refractivity contribution < 1.29 is 17.9 Å². The molecule has 1 fully saturated rings. The number of alkyl halides is 4. The standard InChI is InChI=1S/C14H17ClF3NO/c1-20-11-4-6-19(7-5-11)13-3-2-10(9-15)8-12(13)14(16,17)18/h2-3,8,11H,4-7,9H2,1H3. The molecule has 0 unspecified atom stereocenters. The van der Waals surface area contributed by atoms with Crippen LogP contribution in [0.2, 0.25) is 0 Å². The van der Waals surface area contributed by atoms with Crippen molar-refractivity contribution in [2.45, 2.75) is 31.0 Å². The molecule has 0 spiro atoms. The Labute approximate surface area is 121 Å². The maximum absolute atomic E-state index is 13.2. The van der Waals surface area contributed by atoms with Crippen LogP contribution < -0.4 is 4.90 Å². The molecule has 1 aliphatic heterocycles. The van der Waals surface area contributed by atoms with Crippen molar-refractivity contribution in [2.75, 3.05) is 25.1 Å². The van der Waals surface area contributed by atoms with Crippen molar-refractivity contribution >= 4 is 17.3 Å². The van der Waals surface area contributed by atoms with E-state index in [1.54, 1.807) is 18.1 Å². The molecule has 0 aromatic heterocycles. The Balaban J connectivity index is 2.27. The van der Waals surface area contributed by atoms with Gasteiger partial charge in [-0.3, -0.25) is 0 Å². The van der Waals surface area contributed by atoms with Gasteiger partial charge in [0.25, 0.3) is 0 Å². The molecule has 6 heteroatoms. The fourth-order valence-corrected chi connectivity index (χ4v) is 2.67. The number of ether oxygens (including phenoxy) is 1. The fourth-order valence-electron chi connectivity index (χ4n) is 2.50. The highest BCUT2D eigenvalue weighted by Gasteiger charge is 2.35. The maximum atomic E-state index is 13.2. The van der Waals surface area contributed by atoms with Crippen LogP contribution in [0.15, 0.2) is 18.2 Å². The Morgan fingerprint density at radius 3 is 2.45 bits per heavy atom. The number of hydrogen-bond acceptors (Lipinski definition) is 2. The smallest absolute Gasteiger partial charge is 0.381 e. The largest absolute Gasteiger partial charge is 0.418 e. The van der Waals surface area contributed by atoms with Gasteiger partial charge in [0, 0.05) is 31.8 Å². The number of benzene rings is 1. The lowest BCUT2D eigenvalue weighted by Crippen LogP contribution is -2.37. The van der Waals surface area contributed by atoms with Crippen molar-refractivity contribution in [1.82, 2.24) is 0 Å². The average molecular weight is 308 g/mol. The van der Waals surface area contributed by atoms with E-state index in [2.05, 4.69) is 0 Å².